The summed E-state index contributed by atoms with van der Waals surface area (Å²) < 4.78 is 0. The minimum absolute atomic E-state index is 0.101. The summed E-state index contributed by atoms with van der Waals surface area (Å²) in [4.78, 5) is 13.2. The standard InChI is InChI=1S/C16H16N2O/c1-18(2)16(19)17-13-7-8-15-12(10-13)9-11-5-3-4-6-14(11)15/h3-8,10H,9H2,1-2H3,(H,17,19). The van der Waals surface area contributed by atoms with Crippen molar-refractivity contribution in [1.29, 1.82) is 0 Å². The topological polar surface area (TPSA) is 32.3 Å². The Balaban J connectivity index is 1.91. The second kappa shape index (κ2) is 4.43. The van der Waals surface area contributed by atoms with Crippen LogP contribution < -0.4 is 5.32 Å². The second-order valence-electron chi connectivity index (χ2n) is 5.03. The van der Waals surface area contributed by atoms with E-state index in [4.69, 9.17) is 0 Å². The molecule has 3 nitrogen and oxygen atoms in total. The number of carbonyl (C=O) groups is 1. The van der Waals surface area contributed by atoms with Crippen LogP contribution in [-0.4, -0.2) is 25.0 Å². The average molecular weight is 252 g/mol. The van der Waals surface area contributed by atoms with Crippen molar-refractivity contribution in [1.82, 2.24) is 4.90 Å². The van der Waals surface area contributed by atoms with Gasteiger partial charge in [-0.15, -0.1) is 0 Å². The Morgan fingerprint density at radius 3 is 2.58 bits per heavy atom. The number of anilines is 1. The highest BCUT2D eigenvalue weighted by molar-refractivity contribution is 5.90. The molecule has 1 N–H and O–H groups in total. The van der Waals surface area contributed by atoms with Gasteiger partial charge in [-0.2, -0.15) is 0 Å². The summed E-state index contributed by atoms with van der Waals surface area (Å²) in [5.41, 5.74) is 6.07. The fraction of sp³-hybridized carbons (Fsp3) is 0.188. The maximum atomic E-state index is 11.6. The van der Waals surface area contributed by atoms with Crippen molar-refractivity contribution in [3.05, 3.63) is 53.6 Å². The van der Waals surface area contributed by atoms with Gasteiger partial charge in [0.1, 0.15) is 0 Å². The quantitative estimate of drug-likeness (QED) is 0.707. The SMILES string of the molecule is CN(C)C(=O)Nc1ccc2c(c1)Cc1ccccc1-2. The van der Waals surface area contributed by atoms with Gasteiger partial charge in [0, 0.05) is 19.8 Å². The number of carbonyl (C=O) groups excluding carboxylic acids is 1. The Morgan fingerprint density at radius 2 is 1.79 bits per heavy atom. The third-order valence-electron chi connectivity index (χ3n) is 3.45. The first-order chi connectivity index (χ1) is 9.15. The van der Waals surface area contributed by atoms with E-state index in [1.54, 1.807) is 14.1 Å². The molecule has 0 aromatic heterocycles. The molecule has 3 heteroatoms. The van der Waals surface area contributed by atoms with Crippen LogP contribution in [0.25, 0.3) is 11.1 Å². The van der Waals surface area contributed by atoms with E-state index >= 15 is 0 Å². The molecule has 19 heavy (non-hydrogen) atoms. The monoisotopic (exact) mass is 252 g/mol. The van der Waals surface area contributed by atoms with E-state index in [2.05, 4.69) is 41.7 Å². The van der Waals surface area contributed by atoms with Gasteiger partial charge in [0.05, 0.1) is 0 Å². The first kappa shape index (κ1) is 11.8. The van der Waals surface area contributed by atoms with Crippen LogP contribution in [-0.2, 0) is 6.42 Å². The van der Waals surface area contributed by atoms with E-state index in [1.807, 2.05) is 6.07 Å². The number of amides is 2. The number of rotatable bonds is 1. The van der Waals surface area contributed by atoms with Gasteiger partial charge in [0.15, 0.2) is 0 Å². The van der Waals surface area contributed by atoms with Gasteiger partial charge in [-0.25, -0.2) is 4.79 Å². The number of hydrogen-bond donors (Lipinski definition) is 1. The van der Waals surface area contributed by atoms with Gasteiger partial charge < -0.3 is 10.2 Å². The molecule has 0 saturated heterocycles. The van der Waals surface area contributed by atoms with Crippen LogP contribution in [0.3, 0.4) is 0 Å². The first-order valence-corrected chi connectivity index (χ1v) is 6.34. The Bertz CT molecular complexity index is 647. The number of benzene rings is 2. The van der Waals surface area contributed by atoms with Crippen LogP contribution in [0.4, 0.5) is 10.5 Å². The molecule has 3 rings (SSSR count). The van der Waals surface area contributed by atoms with Gasteiger partial charge in [-0.3, -0.25) is 0 Å². The summed E-state index contributed by atoms with van der Waals surface area (Å²) in [7, 11) is 3.47. The lowest BCUT2D eigenvalue weighted by Crippen LogP contribution is -2.27. The van der Waals surface area contributed by atoms with Crippen molar-refractivity contribution in [2.45, 2.75) is 6.42 Å². The molecule has 2 aromatic rings. The van der Waals surface area contributed by atoms with Gasteiger partial charge in [-0.05, 0) is 40.8 Å². The van der Waals surface area contributed by atoms with Gasteiger partial charge in [0.2, 0.25) is 0 Å². The molecular formula is C16H16N2O. The minimum Gasteiger partial charge on any atom is -0.331 e. The molecule has 2 aromatic carbocycles. The second-order valence-corrected chi connectivity index (χ2v) is 5.03. The van der Waals surface area contributed by atoms with Crippen molar-refractivity contribution in [3.8, 4) is 11.1 Å². The summed E-state index contributed by atoms with van der Waals surface area (Å²) in [5.74, 6) is 0. The van der Waals surface area contributed by atoms with Crippen LogP contribution in [0.1, 0.15) is 11.1 Å². The summed E-state index contributed by atoms with van der Waals surface area (Å²) in [6.45, 7) is 0. The van der Waals surface area contributed by atoms with E-state index in [-0.39, 0.29) is 6.03 Å². The number of hydrogen-bond acceptors (Lipinski definition) is 1. The third-order valence-corrected chi connectivity index (χ3v) is 3.45. The number of urea groups is 1. The predicted octanol–water partition coefficient (Wildman–Crippen LogP) is 3.35. The number of nitrogens with zero attached hydrogens (tertiary/aromatic N) is 1. The Hall–Kier alpha value is -2.29. The molecule has 2 amide bonds. The lowest BCUT2D eigenvalue weighted by Gasteiger charge is -2.12. The molecule has 1 aliphatic carbocycles. The van der Waals surface area contributed by atoms with Crippen molar-refractivity contribution in [2.24, 2.45) is 0 Å². The third kappa shape index (κ3) is 2.08. The largest absolute Gasteiger partial charge is 0.331 e. The lowest BCUT2D eigenvalue weighted by molar-refractivity contribution is 0.230. The van der Waals surface area contributed by atoms with Crippen LogP contribution in [0.15, 0.2) is 42.5 Å². The van der Waals surface area contributed by atoms with Crippen molar-refractivity contribution in [2.75, 3.05) is 19.4 Å². The summed E-state index contributed by atoms with van der Waals surface area (Å²) >= 11 is 0. The molecule has 0 radical (unpaired) electrons. The van der Waals surface area contributed by atoms with Gasteiger partial charge in [-0.1, -0.05) is 30.3 Å². The minimum atomic E-state index is -0.101. The zero-order valence-electron chi connectivity index (χ0n) is 11.1. The maximum absolute atomic E-state index is 11.6. The molecule has 0 heterocycles. The highest BCUT2D eigenvalue weighted by Crippen LogP contribution is 2.37. The average Bonchev–Trinajstić information content (AvgIpc) is 2.76. The van der Waals surface area contributed by atoms with Crippen LogP contribution in [0, 0.1) is 0 Å². The Kier molecular flexibility index (Phi) is 2.75. The van der Waals surface area contributed by atoms with E-state index < -0.39 is 0 Å². The molecule has 0 bridgehead atoms. The fourth-order valence-electron chi connectivity index (χ4n) is 2.46. The van der Waals surface area contributed by atoms with Gasteiger partial charge in [0.25, 0.3) is 0 Å². The highest BCUT2D eigenvalue weighted by atomic mass is 16.2. The number of nitrogens with one attached hydrogen (secondary N) is 1. The molecule has 0 saturated carbocycles. The Morgan fingerprint density at radius 1 is 1.05 bits per heavy atom. The molecule has 1 aliphatic rings. The first-order valence-electron chi connectivity index (χ1n) is 6.34. The van der Waals surface area contributed by atoms with Crippen LogP contribution >= 0.6 is 0 Å². The molecule has 0 spiro atoms. The normalized spacial score (nSPS) is 11.7. The molecular weight excluding hydrogens is 236 g/mol. The highest BCUT2D eigenvalue weighted by Gasteiger charge is 2.18. The van der Waals surface area contributed by atoms with Crippen molar-refractivity contribution < 1.29 is 4.79 Å². The van der Waals surface area contributed by atoms with E-state index in [9.17, 15) is 4.79 Å². The molecule has 96 valence electrons. The smallest absolute Gasteiger partial charge is 0.321 e. The fourth-order valence-corrected chi connectivity index (χ4v) is 2.46. The summed E-state index contributed by atoms with van der Waals surface area (Å²) in [6.07, 6.45) is 0.942. The maximum Gasteiger partial charge on any atom is 0.321 e. The van der Waals surface area contributed by atoms with Crippen LogP contribution in [0.2, 0.25) is 0 Å². The molecule has 0 unspecified atom stereocenters. The lowest BCUT2D eigenvalue weighted by atomic mass is 10.1. The zero-order valence-corrected chi connectivity index (χ0v) is 11.1. The summed E-state index contributed by atoms with van der Waals surface area (Å²) in [6, 6.07) is 14.5. The zero-order chi connectivity index (χ0) is 13.4. The van der Waals surface area contributed by atoms with E-state index in [0.717, 1.165) is 12.1 Å². The van der Waals surface area contributed by atoms with E-state index in [1.165, 1.54) is 27.2 Å². The van der Waals surface area contributed by atoms with Crippen molar-refractivity contribution in [3.63, 3.8) is 0 Å². The molecule has 0 aliphatic heterocycles. The van der Waals surface area contributed by atoms with E-state index in [0.29, 0.717) is 0 Å². The Labute approximate surface area is 112 Å². The summed E-state index contributed by atoms with van der Waals surface area (Å²) in [5, 5.41) is 2.88. The molecule has 0 atom stereocenters. The van der Waals surface area contributed by atoms with Crippen LogP contribution in [0.5, 0.6) is 0 Å². The molecule has 0 fully saturated rings. The number of fused-ring (bicyclic) bond motifs is 3. The van der Waals surface area contributed by atoms with Gasteiger partial charge >= 0.3 is 6.03 Å². The van der Waals surface area contributed by atoms with Crippen molar-refractivity contribution >= 4 is 11.7 Å². The predicted molar refractivity (Wildman–Crippen MR) is 77.4 cm³/mol.